The molecule has 0 aromatic heterocycles. The summed E-state index contributed by atoms with van der Waals surface area (Å²) in [6.07, 6.45) is 0.418. The first-order valence-corrected chi connectivity index (χ1v) is 5.92. The zero-order valence-electron chi connectivity index (χ0n) is 10.3. The average Bonchev–Trinajstić information content (AvgIpc) is 2.70. The van der Waals surface area contributed by atoms with Crippen LogP contribution in [-0.4, -0.2) is 23.3 Å². The number of halogens is 1. The van der Waals surface area contributed by atoms with E-state index in [0.717, 1.165) is 4.90 Å². The lowest BCUT2D eigenvalue weighted by molar-refractivity contribution is -0.139. The highest BCUT2D eigenvalue weighted by atomic mass is 19.1. The van der Waals surface area contributed by atoms with Crippen LogP contribution < -0.4 is 5.73 Å². The van der Waals surface area contributed by atoms with Crippen molar-refractivity contribution in [2.24, 2.45) is 5.73 Å². The van der Waals surface area contributed by atoms with Gasteiger partial charge in [0.05, 0.1) is 13.1 Å². The van der Waals surface area contributed by atoms with Gasteiger partial charge in [0, 0.05) is 24.0 Å². The Kier molecular flexibility index (Phi) is 3.93. The predicted molar refractivity (Wildman–Crippen MR) is 67.1 cm³/mol. The van der Waals surface area contributed by atoms with E-state index in [1.54, 1.807) is 6.07 Å². The Hall–Kier alpha value is -2.19. The highest BCUT2D eigenvalue weighted by Gasteiger charge is 2.29. The summed E-state index contributed by atoms with van der Waals surface area (Å²) in [5, 5.41) is 0. The average molecular weight is 260 g/mol. The lowest BCUT2D eigenvalue weighted by Crippen LogP contribution is -2.28. The Balaban J connectivity index is 2.17. The van der Waals surface area contributed by atoms with Gasteiger partial charge in [0.25, 0.3) is 0 Å². The molecule has 1 aliphatic heterocycles. The van der Waals surface area contributed by atoms with Crippen molar-refractivity contribution in [3.63, 3.8) is 0 Å². The maximum atomic E-state index is 13.8. The molecule has 0 radical (unpaired) electrons. The lowest BCUT2D eigenvalue weighted by Gasteiger charge is -2.14. The van der Waals surface area contributed by atoms with Gasteiger partial charge >= 0.3 is 0 Å². The zero-order chi connectivity index (χ0) is 13.8. The second-order valence-corrected chi connectivity index (χ2v) is 4.19. The minimum absolute atomic E-state index is 0.0197. The number of nitrogens with two attached hydrogens (primary N) is 1. The van der Waals surface area contributed by atoms with E-state index < -0.39 is 5.82 Å². The third kappa shape index (κ3) is 2.98. The molecule has 0 bridgehead atoms. The summed E-state index contributed by atoms with van der Waals surface area (Å²) in [5.41, 5.74) is 6.06. The van der Waals surface area contributed by atoms with Crippen molar-refractivity contribution in [1.29, 1.82) is 0 Å². The van der Waals surface area contributed by atoms with Gasteiger partial charge in [0.1, 0.15) is 5.82 Å². The van der Waals surface area contributed by atoms with Gasteiger partial charge in [-0.05, 0) is 12.1 Å². The molecule has 2 N–H and O–H groups in total. The first-order valence-electron chi connectivity index (χ1n) is 5.92. The quantitative estimate of drug-likeness (QED) is 0.631. The van der Waals surface area contributed by atoms with Crippen LogP contribution in [0.1, 0.15) is 24.0 Å². The van der Waals surface area contributed by atoms with Crippen molar-refractivity contribution in [2.75, 3.05) is 6.54 Å². The number of benzene rings is 1. The molecule has 1 fully saturated rings. The molecule has 98 valence electrons. The van der Waals surface area contributed by atoms with Gasteiger partial charge in [-0.25, -0.2) is 4.39 Å². The maximum Gasteiger partial charge on any atom is 0.229 e. The predicted octanol–water partition coefficient (Wildman–Crippen LogP) is 0.785. The fourth-order valence-electron chi connectivity index (χ4n) is 1.88. The van der Waals surface area contributed by atoms with E-state index >= 15 is 0 Å². The Bertz CT molecular complexity index is 571. The van der Waals surface area contributed by atoms with E-state index in [-0.39, 0.29) is 37.7 Å². The molecule has 2 amide bonds. The third-order valence-electron chi connectivity index (χ3n) is 2.87. The van der Waals surface area contributed by atoms with Crippen molar-refractivity contribution >= 4 is 11.8 Å². The number of nitrogens with zero attached hydrogens (tertiary/aromatic N) is 1. The fourth-order valence-corrected chi connectivity index (χ4v) is 1.88. The molecule has 1 heterocycles. The topological polar surface area (TPSA) is 63.4 Å². The number of hydrogen-bond acceptors (Lipinski definition) is 3. The molecule has 0 spiro atoms. The highest BCUT2D eigenvalue weighted by Crippen LogP contribution is 2.18. The number of carbonyl (C=O) groups is 2. The summed E-state index contributed by atoms with van der Waals surface area (Å²) in [7, 11) is 0. The van der Waals surface area contributed by atoms with Crippen LogP contribution in [0.5, 0.6) is 0 Å². The molecular weight excluding hydrogens is 247 g/mol. The number of carbonyl (C=O) groups excluding carboxylic acids is 2. The van der Waals surface area contributed by atoms with Gasteiger partial charge in [-0.15, -0.1) is 0 Å². The molecule has 1 saturated heterocycles. The molecule has 4 nitrogen and oxygen atoms in total. The van der Waals surface area contributed by atoms with Crippen LogP contribution in [0.3, 0.4) is 0 Å². The molecular formula is C14H13FN2O2. The van der Waals surface area contributed by atoms with Crippen molar-refractivity contribution in [2.45, 2.75) is 19.4 Å². The van der Waals surface area contributed by atoms with Gasteiger partial charge in [-0.3, -0.25) is 14.5 Å². The highest BCUT2D eigenvalue weighted by molar-refractivity contribution is 6.01. The third-order valence-corrected chi connectivity index (χ3v) is 2.87. The Labute approximate surface area is 110 Å². The summed E-state index contributed by atoms with van der Waals surface area (Å²) < 4.78 is 13.8. The molecule has 2 rings (SSSR count). The molecule has 0 saturated carbocycles. The van der Waals surface area contributed by atoms with Crippen LogP contribution in [0, 0.1) is 17.7 Å². The van der Waals surface area contributed by atoms with Gasteiger partial charge in [-0.1, -0.05) is 17.9 Å². The van der Waals surface area contributed by atoms with Crippen molar-refractivity contribution in [3.05, 3.63) is 35.1 Å². The van der Waals surface area contributed by atoms with Crippen LogP contribution in [-0.2, 0) is 16.1 Å². The second kappa shape index (κ2) is 5.63. The summed E-state index contributed by atoms with van der Waals surface area (Å²) in [6, 6.07) is 4.46. The van der Waals surface area contributed by atoms with E-state index in [1.165, 1.54) is 12.1 Å². The van der Waals surface area contributed by atoms with Crippen molar-refractivity contribution in [1.82, 2.24) is 4.90 Å². The van der Waals surface area contributed by atoms with E-state index in [9.17, 15) is 14.0 Å². The number of amides is 2. The monoisotopic (exact) mass is 260 g/mol. The lowest BCUT2D eigenvalue weighted by atomic mass is 10.1. The van der Waals surface area contributed by atoms with Gasteiger partial charge in [-0.2, -0.15) is 0 Å². The molecule has 1 aromatic carbocycles. The van der Waals surface area contributed by atoms with Crippen LogP contribution in [0.25, 0.3) is 0 Å². The summed E-state index contributed by atoms with van der Waals surface area (Å²) in [4.78, 5) is 24.0. The minimum atomic E-state index is -0.476. The number of imide groups is 1. The molecule has 0 aliphatic carbocycles. The number of rotatable bonds is 2. The van der Waals surface area contributed by atoms with E-state index in [4.69, 9.17) is 5.73 Å². The van der Waals surface area contributed by atoms with E-state index in [1.807, 2.05) is 0 Å². The first kappa shape index (κ1) is 13.2. The van der Waals surface area contributed by atoms with Crippen molar-refractivity contribution in [3.8, 4) is 11.8 Å². The maximum absolute atomic E-state index is 13.8. The SMILES string of the molecule is NCC#Cc1ccc(CN2C(=O)CCC2=O)c(F)c1. The van der Waals surface area contributed by atoms with Crippen LogP contribution in [0.15, 0.2) is 18.2 Å². The normalized spacial score (nSPS) is 14.5. The minimum Gasteiger partial charge on any atom is -0.320 e. The van der Waals surface area contributed by atoms with Gasteiger partial charge < -0.3 is 5.73 Å². The summed E-state index contributed by atoms with van der Waals surface area (Å²) in [5.74, 6) is 4.37. The van der Waals surface area contributed by atoms with Crippen LogP contribution in [0.4, 0.5) is 4.39 Å². The van der Waals surface area contributed by atoms with Gasteiger partial charge in [0.15, 0.2) is 0 Å². The Morgan fingerprint density at radius 1 is 1.26 bits per heavy atom. The van der Waals surface area contributed by atoms with Crippen LogP contribution >= 0.6 is 0 Å². The Morgan fingerprint density at radius 2 is 1.95 bits per heavy atom. The molecule has 19 heavy (non-hydrogen) atoms. The number of hydrogen-bond donors (Lipinski definition) is 1. The molecule has 0 unspecified atom stereocenters. The fraction of sp³-hybridized carbons (Fsp3) is 0.286. The van der Waals surface area contributed by atoms with Crippen molar-refractivity contribution < 1.29 is 14.0 Å². The summed E-state index contributed by atoms with van der Waals surface area (Å²) in [6.45, 7) is 0.189. The standard InChI is InChI=1S/C14H13FN2O2/c15-12-8-10(2-1-7-16)3-4-11(12)9-17-13(18)5-6-14(17)19/h3-4,8H,5-7,9,16H2. The summed E-state index contributed by atoms with van der Waals surface area (Å²) >= 11 is 0. The zero-order valence-corrected chi connectivity index (χ0v) is 10.3. The smallest absolute Gasteiger partial charge is 0.229 e. The number of likely N-dealkylation sites (tertiary alicyclic amines) is 1. The molecule has 1 aromatic rings. The first-order chi connectivity index (χ1) is 9.11. The molecule has 5 heteroatoms. The van der Waals surface area contributed by atoms with E-state index in [0.29, 0.717) is 11.1 Å². The van der Waals surface area contributed by atoms with Gasteiger partial charge in [0.2, 0.25) is 11.8 Å². The van der Waals surface area contributed by atoms with Crippen LogP contribution in [0.2, 0.25) is 0 Å². The Morgan fingerprint density at radius 3 is 2.53 bits per heavy atom. The molecule has 1 aliphatic rings. The van der Waals surface area contributed by atoms with E-state index in [2.05, 4.69) is 11.8 Å². The molecule has 0 atom stereocenters. The second-order valence-electron chi connectivity index (χ2n) is 4.19. The largest absolute Gasteiger partial charge is 0.320 e.